The summed E-state index contributed by atoms with van der Waals surface area (Å²) in [5, 5.41) is 0.596. The molecule has 1 aliphatic rings. The Morgan fingerprint density at radius 1 is 1.19 bits per heavy atom. The molecule has 1 atom stereocenters. The molecular formula is C24H27N3O4. The number of rotatable bonds is 6. The first kappa shape index (κ1) is 20.9. The molecule has 1 saturated heterocycles. The fourth-order valence-corrected chi connectivity index (χ4v) is 4.03. The largest absolute Gasteiger partial charge is 0.494 e. The first-order valence-corrected chi connectivity index (χ1v) is 10.7. The quantitative estimate of drug-likeness (QED) is 0.659. The number of likely N-dealkylation sites (tertiary alicyclic amines) is 1. The number of benzene rings is 1. The number of ether oxygens (including phenoxy) is 2. The summed E-state index contributed by atoms with van der Waals surface area (Å²) in [5.74, 6) is 1.59. The van der Waals surface area contributed by atoms with Gasteiger partial charge in [0.15, 0.2) is 6.10 Å². The molecule has 4 rings (SSSR count). The van der Waals surface area contributed by atoms with Crippen LogP contribution in [0.15, 0.2) is 53.5 Å². The van der Waals surface area contributed by atoms with E-state index in [1.807, 2.05) is 42.2 Å². The van der Waals surface area contributed by atoms with E-state index in [9.17, 15) is 9.59 Å². The van der Waals surface area contributed by atoms with E-state index >= 15 is 0 Å². The Kier molecular flexibility index (Phi) is 6.21. The van der Waals surface area contributed by atoms with Gasteiger partial charge in [-0.1, -0.05) is 0 Å². The van der Waals surface area contributed by atoms with Crippen LogP contribution >= 0.6 is 0 Å². The van der Waals surface area contributed by atoms with Gasteiger partial charge in [0.2, 0.25) is 0 Å². The minimum atomic E-state index is -0.570. The Hall–Kier alpha value is -3.35. The van der Waals surface area contributed by atoms with E-state index in [0.29, 0.717) is 36.3 Å². The lowest BCUT2D eigenvalue weighted by Gasteiger charge is -2.33. The van der Waals surface area contributed by atoms with Crippen molar-refractivity contribution in [2.24, 2.45) is 0 Å². The maximum absolute atomic E-state index is 12.9. The molecule has 1 aromatic carbocycles. The summed E-state index contributed by atoms with van der Waals surface area (Å²) < 4.78 is 11.3. The monoisotopic (exact) mass is 421 g/mol. The van der Waals surface area contributed by atoms with Crippen molar-refractivity contribution in [2.45, 2.75) is 38.7 Å². The Labute approximate surface area is 181 Å². The van der Waals surface area contributed by atoms with Gasteiger partial charge in [0, 0.05) is 30.9 Å². The summed E-state index contributed by atoms with van der Waals surface area (Å²) in [6, 6.07) is 12.8. The summed E-state index contributed by atoms with van der Waals surface area (Å²) >= 11 is 0. The van der Waals surface area contributed by atoms with Crippen molar-refractivity contribution in [2.75, 3.05) is 19.7 Å². The van der Waals surface area contributed by atoms with Crippen molar-refractivity contribution in [1.29, 1.82) is 0 Å². The highest BCUT2D eigenvalue weighted by Crippen LogP contribution is 2.28. The second kappa shape index (κ2) is 9.20. The molecule has 1 aliphatic heterocycles. The number of hydrogen-bond acceptors (Lipinski definition) is 5. The second-order valence-electron chi connectivity index (χ2n) is 7.75. The number of H-pyrrole nitrogens is 1. The highest BCUT2D eigenvalue weighted by molar-refractivity contribution is 5.81. The number of nitrogens with one attached hydrogen (secondary N) is 1. The number of aromatic nitrogens is 2. The average molecular weight is 421 g/mol. The molecular weight excluding hydrogens is 394 g/mol. The molecule has 1 N–H and O–H groups in total. The Morgan fingerprint density at radius 3 is 2.61 bits per heavy atom. The SMILES string of the molecule is CCOc1ccc(OC(C)C(=O)N2CCC(c3cc4ncccc4c(=O)[nH]3)CC2)cc1. The first-order chi connectivity index (χ1) is 15.0. The summed E-state index contributed by atoms with van der Waals surface area (Å²) in [7, 11) is 0. The minimum Gasteiger partial charge on any atom is -0.494 e. The molecule has 0 aliphatic carbocycles. The molecule has 0 spiro atoms. The maximum atomic E-state index is 12.9. The van der Waals surface area contributed by atoms with Gasteiger partial charge in [-0.15, -0.1) is 0 Å². The van der Waals surface area contributed by atoms with Gasteiger partial charge in [0.05, 0.1) is 17.5 Å². The van der Waals surface area contributed by atoms with Crippen LogP contribution in [0.1, 0.15) is 38.3 Å². The number of hydrogen-bond donors (Lipinski definition) is 1. The smallest absolute Gasteiger partial charge is 0.263 e. The Morgan fingerprint density at radius 2 is 1.90 bits per heavy atom. The molecule has 0 saturated carbocycles. The zero-order valence-corrected chi connectivity index (χ0v) is 17.8. The molecule has 2 aromatic heterocycles. The van der Waals surface area contributed by atoms with Crippen LogP contribution in [-0.2, 0) is 4.79 Å². The Balaban J connectivity index is 1.35. The molecule has 31 heavy (non-hydrogen) atoms. The van der Waals surface area contributed by atoms with Crippen LogP contribution in [0.4, 0.5) is 0 Å². The van der Waals surface area contributed by atoms with Gasteiger partial charge in [-0.3, -0.25) is 14.6 Å². The number of carbonyl (C=O) groups excluding carboxylic acids is 1. The highest BCUT2D eigenvalue weighted by Gasteiger charge is 2.28. The first-order valence-electron chi connectivity index (χ1n) is 10.7. The van der Waals surface area contributed by atoms with Crippen LogP contribution in [0.25, 0.3) is 10.9 Å². The standard InChI is InChI=1S/C24H27N3O4/c1-3-30-18-6-8-19(9-7-18)31-16(2)24(29)27-13-10-17(11-14-27)21-15-22-20(23(28)26-21)5-4-12-25-22/h4-9,12,15-17H,3,10-11,13-14H2,1-2H3,(H,26,28). The predicted octanol–water partition coefficient (Wildman–Crippen LogP) is 3.50. The van der Waals surface area contributed by atoms with Gasteiger partial charge in [0.1, 0.15) is 11.5 Å². The number of amides is 1. The van der Waals surface area contributed by atoms with Crippen molar-refractivity contribution in [3.63, 3.8) is 0 Å². The number of fused-ring (bicyclic) bond motifs is 1. The molecule has 1 amide bonds. The highest BCUT2D eigenvalue weighted by atomic mass is 16.5. The van der Waals surface area contributed by atoms with Crippen molar-refractivity contribution < 1.29 is 14.3 Å². The van der Waals surface area contributed by atoms with Crippen LogP contribution in [0.2, 0.25) is 0 Å². The van der Waals surface area contributed by atoms with Crippen LogP contribution in [0.3, 0.4) is 0 Å². The average Bonchev–Trinajstić information content (AvgIpc) is 2.80. The second-order valence-corrected chi connectivity index (χ2v) is 7.75. The van der Waals surface area contributed by atoms with E-state index in [-0.39, 0.29) is 17.4 Å². The number of aromatic amines is 1. The number of carbonyl (C=O) groups is 1. The van der Waals surface area contributed by atoms with Crippen molar-refractivity contribution in [3.05, 3.63) is 64.7 Å². The number of piperidine rings is 1. The van der Waals surface area contributed by atoms with E-state index in [1.165, 1.54) is 0 Å². The lowest BCUT2D eigenvalue weighted by atomic mass is 9.92. The minimum absolute atomic E-state index is 0.0268. The van der Waals surface area contributed by atoms with Crippen LogP contribution in [0.5, 0.6) is 11.5 Å². The van der Waals surface area contributed by atoms with E-state index in [2.05, 4.69) is 9.97 Å². The Bertz CT molecular complexity index is 1100. The third-order valence-corrected chi connectivity index (χ3v) is 5.68. The van der Waals surface area contributed by atoms with Crippen LogP contribution in [-0.4, -0.2) is 46.6 Å². The van der Waals surface area contributed by atoms with Crippen molar-refractivity contribution >= 4 is 16.8 Å². The van der Waals surface area contributed by atoms with Crippen LogP contribution < -0.4 is 15.0 Å². The predicted molar refractivity (Wildman–Crippen MR) is 119 cm³/mol. The molecule has 0 bridgehead atoms. The van der Waals surface area contributed by atoms with Crippen molar-refractivity contribution in [1.82, 2.24) is 14.9 Å². The topological polar surface area (TPSA) is 84.5 Å². The lowest BCUT2D eigenvalue weighted by molar-refractivity contribution is -0.139. The molecule has 1 unspecified atom stereocenters. The van der Waals surface area contributed by atoms with Gasteiger partial charge in [-0.25, -0.2) is 0 Å². The number of pyridine rings is 2. The van der Waals surface area contributed by atoms with E-state index in [1.54, 1.807) is 25.3 Å². The van der Waals surface area contributed by atoms with Gasteiger partial charge in [-0.2, -0.15) is 0 Å². The third kappa shape index (κ3) is 4.71. The van der Waals surface area contributed by atoms with E-state index < -0.39 is 6.10 Å². The number of nitrogens with zero attached hydrogens (tertiary/aromatic N) is 2. The van der Waals surface area contributed by atoms with Gasteiger partial charge in [0.25, 0.3) is 11.5 Å². The summed E-state index contributed by atoms with van der Waals surface area (Å²) in [5.41, 5.74) is 1.48. The maximum Gasteiger partial charge on any atom is 0.263 e. The fourth-order valence-electron chi connectivity index (χ4n) is 4.03. The summed E-state index contributed by atoms with van der Waals surface area (Å²) in [6.07, 6.45) is 2.70. The van der Waals surface area contributed by atoms with Gasteiger partial charge >= 0.3 is 0 Å². The molecule has 3 heterocycles. The summed E-state index contributed by atoms with van der Waals surface area (Å²) in [4.78, 5) is 34.4. The fraction of sp³-hybridized carbons (Fsp3) is 0.375. The summed E-state index contributed by atoms with van der Waals surface area (Å²) in [6.45, 7) is 5.57. The van der Waals surface area contributed by atoms with Crippen LogP contribution in [0, 0.1) is 0 Å². The molecule has 0 radical (unpaired) electrons. The molecule has 162 valence electrons. The normalized spacial score (nSPS) is 15.6. The van der Waals surface area contributed by atoms with E-state index in [0.717, 1.165) is 24.3 Å². The molecule has 1 fully saturated rings. The van der Waals surface area contributed by atoms with Gasteiger partial charge < -0.3 is 19.4 Å². The molecule has 7 nitrogen and oxygen atoms in total. The third-order valence-electron chi connectivity index (χ3n) is 5.68. The molecule has 3 aromatic rings. The van der Waals surface area contributed by atoms with Gasteiger partial charge in [-0.05, 0) is 69.2 Å². The van der Waals surface area contributed by atoms with E-state index in [4.69, 9.17) is 9.47 Å². The van der Waals surface area contributed by atoms with Crippen molar-refractivity contribution in [3.8, 4) is 11.5 Å². The zero-order chi connectivity index (χ0) is 21.8. The zero-order valence-electron chi connectivity index (χ0n) is 17.8. The molecule has 7 heteroatoms. The lowest BCUT2D eigenvalue weighted by Crippen LogP contribution is -2.44.